The maximum atomic E-state index is 13.0. The van der Waals surface area contributed by atoms with Gasteiger partial charge in [-0.15, -0.1) is 0 Å². The molecule has 2 aliphatic rings. The number of fused-ring (bicyclic) bond motifs is 1. The number of amides is 3. The fraction of sp³-hybridized carbons (Fsp3) is 0.207. The first-order chi connectivity index (χ1) is 16.9. The lowest BCUT2D eigenvalue weighted by atomic mass is 9.82. The van der Waals surface area contributed by atoms with E-state index < -0.39 is 0 Å². The fourth-order valence-corrected chi connectivity index (χ4v) is 4.70. The number of carbonyl (C=O) groups excluding carboxylic acids is 3. The highest BCUT2D eigenvalue weighted by atomic mass is 16.5. The van der Waals surface area contributed by atoms with Gasteiger partial charge in [-0.05, 0) is 86.8 Å². The minimum absolute atomic E-state index is 0.186. The van der Waals surface area contributed by atoms with Gasteiger partial charge in [0.25, 0.3) is 5.91 Å². The summed E-state index contributed by atoms with van der Waals surface area (Å²) in [7, 11) is 0. The van der Waals surface area contributed by atoms with E-state index in [1.165, 1.54) is 4.90 Å². The molecule has 0 unspecified atom stereocenters. The molecule has 5 rings (SSSR count). The number of ether oxygens (including phenoxy) is 1. The number of rotatable bonds is 5. The lowest BCUT2D eigenvalue weighted by Crippen LogP contribution is -2.31. The molecule has 1 aliphatic carbocycles. The zero-order valence-electron chi connectivity index (χ0n) is 19.7. The summed E-state index contributed by atoms with van der Waals surface area (Å²) in [6.45, 7) is 3.99. The summed E-state index contributed by atoms with van der Waals surface area (Å²) in [4.78, 5) is 40.1. The summed E-state index contributed by atoms with van der Waals surface area (Å²) in [5.74, 6) is 0.0749. The number of allylic oxidation sites excluding steroid dienone is 2. The molecule has 176 valence electrons. The summed E-state index contributed by atoms with van der Waals surface area (Å²) in [6, 6.07) is 21.5. The molecule has 0 radical (unpaired) electrons. The van der Waals surface area contributed by atoms with E-state index in [9.17, 15) is 14.4 Å². The summed E-state index contributed by atoms with van der Waals surface area (Å²) in [5.41, 5.74) is 3.65. The van der Waals surface area contributed by atoms with Gasteiger partial charge in [-0.3, -0.25) is 19.3 Å². The zero-order chi connectivity index (χ0) is 24.5. The Bertz CT molecular complexity index is 1340. The summed E-state index contributed by atoms with van der Waals surface area (Å²) in [6.07, 6.45) is 3.23. The topological polar surface area (TPSA) is 75.7 Å². The Kier molecular flexibility index (Phi) is 5.95. The molecule has 35 heavy (non-hydrogen) atoms. The van der Waals surface area contributed by atoms with Gasteiger partial charge in [0.15, 0.2) is 0 Å². The van der Waals surface area contributed by atoms with Crippen molar-refractivity contribution in [3.8, 4) is 11.5 Å². The number of imide groups is 1. The van der Waals surface area contributed by atoms with Gasteiger partial charge in [0.05, 0.1) is 17.5 Å². The number of nitrogens with one attached hydrogen (secondary N) is 1. The van der Waals surface area contributed by atoms with Crippen LogP contribution in [0, 0.1) is 18.8 Å². The second-order valence-electron chi connectivity index (χ2n) is 9.16. The van der Waals surface area contributed by atoms with Gasteiger partial charge in [-0.25, -0.2) is 0 Å². The van der Waals surface area contributed by atoms with E-state index in [1.807, 2.05) is 44.2 Å². The van der Waals surface area contributed by atoms with Gasteiger partial charge < -0.3 is 10.1 Å². The number of hydrogen-bond donors (Lipinski definition) is 1. The van der Waals surface area contributed by atoms with Gasteiger partial charge in [0, 0.05) is 11.3 Å². The largest absolute Gasteiger partial charge is 0.457 e. The first kappa shape index (κ1) is 22.6. The second-order valence-corrected chi connectivity index (χ2v) is 9.16. The van der Waals surface area contributed by atoms with Crippen LogP contribution in [0.1, 0.15) is 35.7 Å². The molecule has 3 aromatic carbocycles. The Labute approximate surface area is 204 Å². The van der Waals surface area contributed by atoms with Gasteiger partial charge >= 0.3 is 0 Å². The summed E-state index contributed by atoms with van der Waals surface area (Å²) in [5, 5.41) is 2.86. The van der Waals surface area contributed by atoms with Crippen molar-refractivity contribution in [2.75, 3.05) is 10.2 Å². The third kappa shape index (κ3) is 4.60. The highest BCUT2D eigenvalue weighted by Gasteiger charge is 2.48. The van der Waals surface area contributed by atoms with E-state index in [0.29, 0.717) is 35.5 Å². The van der Waals surface area contributed by atoms with Crippen molar-refractivity contribution < 1.29 is 19.1 Å². The molecule has 3 aromatic rings. The van der Waals surface area contributed by atoms with Crippen molar-refractivity contribution in [3.05, 3.63) is 95.6 Å². The number of nitrogens with zero attached hydrogens (tertiary/aromatic N) is 1. The molecule has 0 saturated carbocycles. The van der Waals surface area contributed by atoms with Crippen LogP contribution in [0.25, 0.3) is 0 Å². The van der Waals surface area contributed by atoms with Crippen LogP contribution in [-0.2, 0) is 9.59 Å². The van der Waals surface area contributed by atoms with Crippen LogP contribution in [0.3, 0.4) is 0 Å². The highest BCUT2D eigenvalue weighted by Crippen LogP contribution is 2.39. The molecular formula is C29H26N2O4. The van der Waals surface area contributed by atoms with Gasteiger partial charge in [-0.2, -0.15) is 0 Å². The van der Waals surface area contributed by atoms with Crippen molar-refractivity contribution in [2.45, 2.75) is 26.7 Å². The lowest BCUT2D eigenvalue weighted by Gasteiger charge is -2.18. The van der Waals surface area contributed by atoms with E-state index in [1.54, 1.807) is 48.5 Å². The van der Waals surface area contributed by atoms with Crippen molar-refractivity contribution >= 4 is 29.1 Å². The average Bonchev–Trinajstić information content (AvgIpc) is 3.09. The summed E-state index contributed by atoms with van der Waals surface area (Å²) >= 11 is 0. The standard InChI is InChI=1S/C29H26N2O4/c1-18-5-3-8-24(15-18)35-23-12-10-21(11-13-23)30-27(32)20-6-4-7-22(17-20)31-28(33)25-14-9-19(2)16-26(25)29(31)34/h3-13,15,17,25-26H,14,16H2,1-2H3,(H,30,32)/t25-,26-/m1/s1. The first-order valence-electron chi connectivity index (χ1n) is 11.7. The third-order valence-electron chi connectivity index (χ3n) is 6.53. The zero-order valence-corrected chi connectivity index (χ0v) is 19.7. The minimum Gasteiger partial charge on any atom is -0.457 e. The molecule has 0 aromatic heterocycles. The Hall–Kier alpha value is -4.19. The Balaban J connectivity index is 1.28. The molecule has 1 heterocycles. The predicted octanol–water partition coefficient (Wildman–Crippen LogP) is 5.89. The molecule has 1 N–H and O–H groups in total. The molecule has 1 saturated heterocycles. The SMILES string of the molecule is CC1=CC[C@H]2C(=O)N(c3cccc(C(=O)Nc4ccc(Oc5cccc(C)c5)cc4)c3)C(=O)[C@@H]2C1. The van der Waals surface area contributed by atoms with Gasteiger partial charge in [0.1, 0.15) is 11.5 Å². The second kappa shape index (κ2) is 9.22. The number of anilines is 2. The van der Waals surface area contributed by atoms with E-state index >= 15 is 0 Å². The van der Waals surface area contributed by atoms with Gasteiger partial charge in [0.2, 0.25) is 11.8 Å². The van der Waals surface area contributed by atoms with Crippen LogP contribution in [0.5, 0.6) is 11.5 Å². The average molecular weight is 467 g/mol. The molecular weight excluding hydrogens is 440 g/mol. The third-order valence-corrected chi connectivity index (χ3v) is 6.53. The van der Waals surface area contributed by atoms with Crippen molar-refractivity contribution in [1.29, 1.82) is 0 Å². The summed E-state index contributed by atoms with van der Waals surface area (Å²) < 4.78 is 5.86. The number of benzene rings is 3. The molecule has 0 spiro atoms. The molecule has 2 atom stereocenters. The molecule has 0 bridgehead atoms. The van der Waals surface area contributed by atoms with E-state index in [0.717, 1.165) is 16.9 Å². The van der Waals surface area contributed by atoms with Crippen molar-refractivity contribution in [3.63, 3.8) is 0 Å². The molecule has 6 heteroatoms. The monoisotopic (exact) mass is 466 g/mol. The van der Waals surface area contributed by atoms with Crippen LogP contribution >= 0.6 is 0 Å². The molecule has 3 amide bonds. The molecule has 1 aliphatic heterocycles. The minimum atomic E-state index is -0.326. The number of carbonyl (C=O) groups is 3. The Morgan fingerprint density at radius 2 is 1.63 bits per heavy atom. The Morgan fingerprint density at radius 1 is 0.886 bits per heavy atom. The van der Waals surface area contributed by atoms with Crippen LogP contribution in [0.4, 0.5) is 11.4 Å². The molecule has 1 fully saturated rings. The van der Waals surface area contributed by atoms with Crippen LogP contribution in [0.2, 0.25) is 0 Å². The fourth-order valence-electron chi connectivity index (χ4n) is 4.70. The normalized spacial score (nSPS) is 19.3. The lowest BCUT2D eigenvalue weighted by molar-refractivity contribution is -0.122. The molecule has 6 nitrogen and oxygen atoms in total. The van der Waals surface area contributed by atoms with Gasteiger partial charge in [-0.1, -0.05) is 29.8 Å². The maximum absolute atomic E-state index is 13.0. The first-order valence-corrected chi connectivity index (χ1v) is 11.7. The van der Waals surface area contributed by atoms with E-state index in [2.05, 4.69) is 5.32 Å². The van der Waals surface area contributed by atoms with Crippen LogP contribution < -0.4 is 15.0 Å². The number of aryl methyl sites for hydroxylation is 1. The van der Waals surface area contributed by atoms with E-state index in [4.69, 9.17) is 4.74 Å². The van der Waals surface area contributed by atoms with E-state index in [-0.39, 0.29) is 29.6 Å². The van der Waals surface area contributed by atoms with Crippen molar-refractivity contribution in [1.82, 2.24) is 0 Å². The Morgan fingerprint density at radius 3 is 2.40 bits per heavy atom. The van der Waals surface area contributed by atoms with Crippen molar-refractivity contribution in [2.24, 2.45) is 11.8 Å². The maximum Gasteiger partial charge on any atom is 0.255 e. The quantitative estimate of drug-likeness (QED) is 0.376. The predicted molar refractivity (Wildman–Crippen MR) is 135 cm³/mol. The number of hydrogen-bond acceptors (Lipinski definition) is 4. The van der Waals surface area contributed by atoms with Crippen LogP contribution in [-0.4, -0.2) is 17.7 Å². The highest BCUT2D eigenvalue weighted by molar-refractivity contribution is 6.22. The van der Waals surface area contributed by atoms with Crippen LogP contribution in [0.15, 0.2) is 84.4 Å². The smallest absolute Gasteiger partial charge is 0.255 e.